The average molecular weight is 379 g/mol. The fraction of sp³-hybridized carbons (Fsp3) is 0.789. The summed E-state index contributed by atoms with van der Waals surface area (Å²) in [6.07, 6.45) is 3.88. The molecular weight excluding hydrogens is 350 g/mol. The summed E-state index contributed by atoms with van der Waals surface area (Å²) in [6.45, 7) is 8.80. The summed E-state index contributed by atoms with van der Waals surface area (Å²) < 4.78 is 15.8. The number of nitrogens with zero attached hydrogens (tertiary/aromatic N) is 2. The third-order valence-corrected chi connectivity index (χ3v) is 5.22. The maximum absolute atomic E-state index is 12.3. The molecule has 1 amide bonds. The normalized spacial score (nSPS) is 24.7. The molecule has 2 saturated carbocycles. The topological polar surface area (TPSA) is 104 Å². The van der Waals surface area contributed by atoms with Gasteiger partial charge in [-0.2, -0.15) is 4.98 Å². The lowest BCUT2D eigenvalue weighted by Crippen LogP contribution is -2.44. The minimum Gasteiger partial charge on any atom is -0.455 e. The van der Waals surface area contributed by atoms with Gasteiger partial charge in [-0.05, 0) is 65.7 Å². The number of aromatic nitrogens is 2. The molecule has 2 bridgehead atoms. The van der Waals surface area contributed by atoms with E-state index < -0.39 is 17.2 Å². The van der Waals surface area contributed by atoms with Crippen LogP contribution < -0.4 is 5.32 Å². The minimum atomic E-state index is -0.890. The summed E-state index contributed by atoms with van der Waals surface area (Å²) in [6, 6.07) is 0. The first-order chi connectivity index (χ1) is 12.5. The Bertz CT molecular complexity index is 706. The Morgan fingerprint density at radius 1 is 1.19 bits per heavy atom. The van der Waals surface area contributed by atoms with E-state index in [1.54, 1.807) is 34.6 Å². The molecule has 1 N–H and O–H groups in total. The Labute approximate surface area is 159 Å². The summed E-state index contributed by atoms with van der Waals surface area (Å²) in [5.41, 5.74) is -1.49. The maximum Gasteiger partial charge on any atom is 0.408 e. The van der Waals surface area contributed by atoms with E-state index >= 15 is 0 Å². The van der Waals surface area contributed by atoms with Crippen LogP contribution in [0.2, 0.25) is 0 Å². The van der Waals surface area contributed by atoms with Crippen molar-refractivity contribution in [2.75, 3.05) is 0 Å². The van der Waals surface area contributed by atoms with Crippen LogP contribution >= 0.6 is 0 Å². The SMILES string of the molecule is CC(C)(C)OC(=O)NC(C)(C)c1noc(COC(=O)[C@H]2C[C@H]3CC[C@H]2C3)n1. The van der Waals surface area contributed by atoms with Crippen LogP contribution in [0.1, 0.15) is 72.0 Å². The zero-order valence-electron chi connectivity index (χ0n) is 16.7. The fourth-order valence-corrected chi connectivity index (χ4v) is 3.96. The van der Waals surface area contributed by atoms with Gasteiger partial charge in [0.2, 0.25) is 0 Å². The predicted molar refractivity (Wildman–Crippen MR) is 95.4 cm³/mol. The van der Waals surface area contributed by atoms with Gasteiger partial charge >= 0.3 is 12.1 Å². The molecule has 2 aliphatic carbocycles. The highest BCUT2D eigenvalue weighted by atomic mass is 16.6. The van der Waals surface area contributed by atoms with Crippen molar-refractivity contribution in [3.63, 3.8) is 0 Å². The molecule has 3 rings (SSSR count). The van der Waals surface area contributed by atoms with Gasteiger partial charge in [-0.25, -0.2) is 4.79 Å². The zero-order valence-corrected chi connectivity index (χ0v) is 16.7. The molecule has 0 aromatic carbocycles. The van der Waals surface area contributed by atoms with E-state index in [-0.39, 0.29) is 24.4 Å². The van der Waals surface area contributed by atoms with Crippen molar-refractivity contribution in [2.45, 2.75) is 78.0 Å². The van der Waals surface area contributed by atoms with E-state index in [0.717, 1.165) is 19.3 Å². The zero-order chi connectivity index (χ0) is 19.8. The number of carbonyl (C=O) groups is 2. The lowest BCUT2D eigenvalue weighted by Gasteiger charge is -2.26. The molecule has 0 aliphatic heterocycles. The van der Waals surface area contributed by atoms with E-state index in [9.17, 15) is 9.59 Å². The molecular formula is C19H29N3O5. The Morgan fingerprint density at radius 3 is 2.52 bits per heavy atom. The van der Waals surface area contributed by atoms with E-state index in [1.807, 2.05) is 0 Å². The third kappa shape index (κ3) is 4.78. The molecule has 8 heteroatoms. The molecule has 150 valence electrons. The summed E-state index contributed by atoms with van der Waals surface area (Å²) in [5, 5.41) is 6.62. The molecule has 0 spiro atoms. The third-order valence-electron chi connectivity index (χ3n) is 5.22. The first kappa shape index (κ1) is 19.6. The van der Waals surface area contributed by atoms with Crippen molar-refractivity contribution in [1.82, 2.24) is 15.5 Å². The number of fused-ring (bicyclic) bond motifs is 2. The molecule has 1 aromatic heterocycles. The van der Waals surface area contributed by atoms with Gasteiger partial charge in [-0.1, -0.05) is 11.6 Å². The van der Waals surface area contributed by atoms with Gasteiger partial charge in [0, 0.05) is 0 Å². The van der Waals surface area contributed by atoms with Crippen LogP contribution in [0.4, 0.5) is 4.79 Å². The van der Waals surface area contributed by atoms with Crippen LogP contribution in [0.15, 0.2) is 4.52 Å². The largest absolute Gasteiger partial charge is 0.455 e. The molecule has 2 fully saturated rings. The van der Waals surface area contributed by atoms with E-state index in [2.05, 4.69) is 15.5 Å². The molecule has 3 atom stereocenters. The predicted octanol–water partition coefficient (Wildman–Crippen LogP) is 3.31. The minimum absolute atomic E-state index is 0.0106. The van der Waals surface area contributed by atoms with Crippen LogP contribution in [-0.2, 0) is 26.4 Å². The second-order valence-corrected chi connectivity index (χ2v) is 9.15. The van der Waals surface area contributed by atoms with Crippen molar-refractivity contribution < 1.29 is 23.6 Å². The number of alkyl carbamates (subject to hydrolysis) is 1. The Balaban J connectivity index is 1.52. The second-order valence-electron chi connectivity index (χ2n) is 9.15. The maximum atomic E-state index is 12.3. The number of amides is 1. The number of esters is 1. The molecule has 0 radical (unpaired) electrons. The van der Waals surface area contributed by atoms with E-state index in [1.165, 1.54) is 6.42 Å². The van der Waals surface area contributed by atoms with Gasteiger partial charge in [0.25, 0.3) is 5.89 Å². The van der Waals surface area contributed by atoms with Gasteiger partial charge in [-0.15, -0.1) is 0 Å². The standard InChI is InChI=1S/C19H29N3O5/c1-18(2,3)26-17(24)21-19(4,5)16-20-14(27-22-16)10-25-15(23)13-9-11-6-7-12(13)8-11/h11-13H,6-10H2,1-5H3,(H,21,24)/t11-,12-,13-/m0/s1. The average Bonchev–Trinajstić information content (AvgIpc) is 3.26. The number of ether oxygens (including phenoxy) is 2. The summed E-state index contributed by atoms with van der Waals surface area (Å²) >= 11 is 0. The van der Waals surface area contributed by atoms with Crippen LogP contribution in [0, 0.1) is 17.8 Å². The summed E-state index contributed by atoms with van der Waals surface area (Å²) in [5.74, 6) is 1.49. The van der Waals surface area contributed by atoms with Crippen molar-refractivity contribution in [3.05, 3.63) is 11.7 Å². The lowest BCUT2D eigenvalue weighted by molar-refractivity contribution is -0.152. The van der Waals surface area contributed by atoms with Gasteiger partial charge < -0.3 is 19.3 Å². The smallest absolute Gasteiger partial charge is 0.408 e. The quantitative estimate of drug-likeness (QED) is 0.783. The highest BCUT2D eigenvalue weighted by Gasteiger charge is 2.44. The van der Waals surface area contributed by atoms with Gasteiger partial charge in [0.05, 0.1) is 5.92 Å². The van der Waals surface area contributed by atoms with Crippen molar-refractivity contribution in [2.24, 2.45) is 17.8 Å². The van der Waals surface area contributed by atoms with Crippen LogP contribution in [0.3, 0.4) is 0 Å². The molecule has 2 aliphatic rings. The fourth-order valence-electron chi connectivity index (χ4n) is 3.96. The Hall–Kier alpha value is -2.12. The van der Waals surface area contributed by atoms with Crippen molar-refractivity contribution in [3.8, 4) is 0 Å². The summed E-state index contributed by atoms with van der Waals surface area (Å²) in [4.78, 5) is 28.5. The number of nitrogens with one attached hydrogen (secondary N) is 1. The van der Waals surface area contributed by atoms with Crippen molar-refractivity contribution >= 4 is 12.1 Å². The molecule has 27 heavy (non-hydrogen) atoms. The van der Waals surface area contributed by atoms with Gasteiger partial charge in [-0.3, -0.25) is 4.79 Å². The monoisotopic (exact) mass is 379 g/mol. The van der Waals surface area contributed by atoms with E-state index in [4.69, 9.17) is 14.0 Å². The van der Waals surface area contributed by atoms with Gasteiger partial charge in [0.15, 0.2) is 12.4 Å². The van der Waals surface area contributed by atoms with E-state index in [0.29, 0.717) is 17.7 Å². The number of rotatable bonds is 5. The molecule has 1 aromatic rings. The number of hydrogen-bond acceptors (Lipinski definition) is 7. The number of hydrogen-bond donors (Lipinski definition) is 1. The highest BCUT2D eigenvalue weighted by Crippen LogP contribution is 2.48. The molecule has 0 unspecified atom stereocenters. The van der Waals surface area contributed by atoms with Crippen LogP contribution in [0.25, 0.3) is 0 Å². The molecule has 1 heterocycles. The Morgan fingerprint density at radius 2 is 1.93 bits per heavy atom. The molecule has 0 saturated heterocycles. The highest BCUT2D eigenvalue weighted by molar-refractivity contribution is 5.73. The summed E-state index contributed by atoms with van der Waals surface area (Å²) in [7, 11) is 0. The second kappa shape index (κ2) is 7.13. The lowest BCUT2D eigenvalue weighted by atomic mass is 9.89. The van der Waals surface area contributed by atoms with Crippen molar-refractivity contribution in [1.29, 1.82) is 0 Å². The Kier molecular flexibility index (Phi) is 5.18. The molecule has 8 nitrogen and oxygen atoms in total. The first-order valence-electron chi connectivity index (χ1n) is 9.54. The van der Waals surface area contributed by atoms with Crippen LogP contribution in [-0.4, -0.2) is 27.8 Å². The van der Waals surface area contributed by atoms with Crippen LogP contribution in [0.5, 0.6) is 0 Å². The van der Waals surface area contributed by atoms with Gasteiger partial charge in [0.1, 0.15) is 11.1 Å². The number of carbonyl (C=O) groups excluding carboxylic acids is 2. The first-order valence-corrected chi connectivity index (χ1v) is 9.54.